The molecule has 0 saturated carbocycles. The zero-order valence-electron chi connectivity index (χ0n) is 41.5. The number of halogens is 3. The molecule has 63 heavy (non-hydrogen) atoms. The molecule has 13 nitrogen and oxygen atoms in total. The minimum absolute atomic E-state index is 0.311. The van der Waals surface area contributed by atoms with Gasteiger partial charge >= 0.3 is 32.4 Å². The van der Waals surface area contributed by atoms with Gasteiger partial charge in [-0.2, -0.15) is 11.1 Å². The van der Waals surface area contributed by atoms with E-state index in [0.29, 0.717) is 48.7 Å². The average Bonchev–Trinajstić information content (AvgIpc) is 3.13. The Morgan fingerprint density at radius 2 is 0.810 bits per heavy atom. The van der Waals surface area contributed by atoms with Crippen LogP contribution in [0.4, 0.5) is 0 Å². The Morgan fingerprint density at radius 1 is 0.508 bits per heavy atom. The van der Waals surface area contributed by atoms with Crippen LogP contribution in [0.3, 0.4) is 0 Å². The Morgan fingerprint density at radius 3 is 1.08 bits per heavy atom. The molecule has 0 atom stereocenters. The van der Waals surface area contributed by atoms with E-state index in [9.17, 15) is 19.2 Å². The molecule has 0 fully saturated rings. The fourth-order valence-electron chi connectivity index (χ4n) is 3.76. The Kier molecular flexibility index (Phi) is 39.0. The molecule has 0 aromatic carbocycles. The molecule has 0 aromatic heterocycles. The fourth-order valence-corrected chi connectivity index (χ4v) is 10.7. The number of esters is 4. The summed E-state index contributed by atoms with van der Waals surface area (Å²) in [5.74, 6) is -1.33. The lowest BCUT2D eigenvalue weighted by atomic mass is 10.4. The summed E-state index contributed by atoms with van der Waals surface area (Å²) in [4.78, 5) is 44.1. The lowest BCUT2D eigenvalue weighted by Crippen LogP contribution is -2.41. The molecule has 22 heteroatoms. The first-order valence-corrected chi connectivity index (χ1v) is 40.8. The smallest absolute Gasteiger partial charge is 0.334 e. The Balaban J connectivity index is -0.000000379. The largest absolute Gasteiger partial charge is 0.462 e. The second-order valence-corrected chi connectivity index (χ2v) is 46.8. The van der Waals surface area contributed by atoms with E-state index in [1.54, 1.807) is 41.9 Å². The molecular weight excluding hydrogens is 975 g/mol. The number of carbonyl (C=O) groups is 4. The highest BCUT2D eigenvalue weighted by Gasteiger charge is 2.29. The molecule has 0 aliphatic carbocycles. The first-order valence-electron chi connectivity index (χ1n) is 21.0. The highest BCUT2D eigenvalue weighted by Crippen LogP contribution is 2.21. The van der Waals surface area contributed by atoms with Crippen molar-refractivity contribution in [2.75, 3.05) is 40.6 Å². The fraction of sp³-hybridized carbons (Fsp3) is 0.707. The molecule has 370 valence electrons. The molecule has 0 amide bonds. The second-order valence-electron chi connectivity index (χ2n) is 17.6. The van der Waals surface area contributed by atoms with Gasteiger partial charge in [-0.05, 0) is 130 Å². The molecule has 0 heterocycles. The van der Waals surface area contributed by atoms with Gasteiger partial charge in [-0.15, -0.1) is 22.2 Å². The summed E-state index contributed by atoms with van der Waals surface area (Å²) in [6, 6.07) is 3.44. The van der Waals surface area contributed by atoms with E-state index < -0.39 is 55.5 Å². The minimum Gasteiger partial charge on any atom is -0.462 e. The number of rotatable bonds is 28. The SMILES string of the molecule is C=C(C)C(=O)OCCC[SiH2]OC(O[Si](C)(C)C)O[Si](C)(C)C.C=C(C)C(=O)OCCC[Si](C)(C)Cl.C=C(C)C(=O)OCCC[Si](C)(Cl)Cl.C=C(C)C(=O)OCCC[Si](C)(OC)OC. The predicted molar refractivity (Wildman–Crippen MR) is 275 cm³/mol. The normalized spacial score (nSPS) is 11.8. The van der Waals surface area contributed by atoms with Crippen molar-refractivity contribution in [3.05, 3.63) is 48.6 Å². The molecule has 0 radical (unpaired) electrons. The quantitative estimate of drug-likeness (QED) is 0.0139. The monoisotopic (exact) mass is 1060 g/mol. The maximum Gasteiger partial charge on any atom is 0.334 e. The van der Waals surface area contributed by atoms with Gasteiger partial charge in [0.2, 0.25) is 13.2 Å². The number of hydrogen-bond acceptors (Lipinski definition) is 13. The molecule has 0 N–H and O–H groups in total. The van der Waals surface area contributed by atoms with Gasteiger partial charge in [0, 0.05) is 36.5 Å². The van der Waals surface area contributed by atoms with E-state index in [-0.39, 0.29) is 23.9 Å². The van der Waals surface area contributed by atoms with E-state index in [0.717, 1.165) is 49.9 Å². The molecule has 0 unspecified atom stereocenters. The highest BCUT2D eigenvalue weighted by atomic mass is 35.7. The molecule has 0 saturated heterocycles. The Hall–Kier alpha value is -1.19. The van der Waals surface area contributed by atoms with Crippen molar-refractivity contribution in [2.45, 2.75) is 150 Å². The topological polar surface area (TPSA) is 151 Å². The minimum atomic E-state index is -2.03. The van der Waals surface area contributed by atoms with Gasteiger partial charge in [0.25, 0.3) is 0 Å². The zero-order valence-corrected chi connectivity index (χ0v) is 50.2. The van der Waals surface area contributed by atoms with Crippen LogP contribution in [0.1, 0.15) is 53.4 Å². The van der Waals surface area contributed by atoms with Crippen LogP contribution in [0.5, 0.6) is 0 Å². The predicted octanol–water partition coefficient (Wildman–Crippen LogP) is 10.8. The number of hydrogen-bond donors (Lipinski definition) is 0. The third-order valence-electron chi connectivity index (χ3n) is 7.33. The molecule has 0 aliphatic rings. The van der Waals surface area contributed by atoms with Gasteiger partial charge in [-0.3, -0.25) is 0 Å². The molecule has 0 aliphatic heterocycles. The van der Waals surface area contributed by atoms with E-state index in [4.69, 9.17) is 74.3 Å². The number of ether oxygens (including phenoxy) is 4. The van der Waals surface area contributed by atoms with Crippen molar-refractivity contribution in [3.8, 4) is 0 Å². The van der Waals surface area contributed by atoms with E-state index >= 15 is 0 Å². The highest BCUT2D eigenvalue weighted by molar-refractivity contribution is 7.44. The summed E-state index contributed by atoms with van der Waals surface area (Å²) in [6.07, 6.45) is 3.12. The van der Waals surface area contributed by atoms with E-state index in [2.05, 4.69) is 78.7 Å². The molecule has 0 aromatic rings. The summed E-state index contributed by atoms with van der Waals surface area (Å²) >= 11 is 17.8. The third kappa shape index (κ3) is 51.7. The standard InChI is InChI=1S/C14H32O5Si3.C10H20O4Si.C9H17ClO2Si.C8H14Cl2O2Si/c1-12(2)13(15)16-10-9-11-20-17-14(18-21(3,4)5)19-22(6,7)8;1-9(2)10(11)14-7-6-8-15(5,12-3)13-4;1-8(2)9(11)12-6-5-7-13(3,4)10;1-7(2)8(11)12-5-4-6-13(3,9)10/h14H,1,9-11,20H2,2-8H3;1,6-8H2,2-5H3;1,5-7H2,2-4H3;1,4-6H2,2-3H3. The van der Waals surface area contributed by atoms with Crippen molar-refractivity contribution in [1.82, 2.24) is 0 Å². The third-order valence-corrected chi connectivity index (χ3v) is 17.9. The second kappa shape index (κ2) is 35.9. The summed E-state index contributed by atoms with van der Waals surface area (Å²) in [6.45, 7) is 40.3. The van der Waals surface area contributed by atoms with Gasteiger partial charge in [-0.1, -0.05) is 39.4 Å². The van der Waals surface area contributed by atoms with Gasteiger partial charge < -0.3 is 41.1 Å². The van der Waals surface area contributed by atoms with E-state index in [1.807, 2.05) is 13.1 Å². The van der Waals surface area contributed by atoms with Gasteiger partial charge in [0.15, 0.2) is 33.8 Å². The van der Waals surface area contributed by atoms with Crippen LogP contribution in [-0.4, -0.2) is 120 Å². The van der Waals surface area contributed by atoms with Crippen LogP contribution < -0.4 is 0 Å². The first kappa shape index (κ1) is 68.4. The summed E-state index contributed by atoms with van der Waals surface area (Å²) in [5.41, 5.74) is 1.72. The van der Waals surface area contributed by atoms with Crippen LogP contribution in [0.25, 0.3) is 0 Å². The van der Waals surface area contributed by atoms with E-state index in [1.165, 1.54) is 0 Å². The van der Waals surface area contributed by atoms with Crippen LogP contribution in [0, 0.1) is 0 Å². The summed E-state index contributed by atoms with van der Waals surface area (Å²) in [7, 11) is -4.38. The molecule has 0 spiro atoms. The van der Waals surface area contributed by atoms with Gasteiger partial charge in [0.1, 0.15) is 0 Å². The van der Waals surface area contributed by atoms with Crippen molar-refractivity contribution in [2.24, 2.45) is 0 Å². The molecule has 0 rings (SSSR count). The lowest BCUT2D eigenvalue weighted by molar-refractivity contribution is -0.152. The van der Waals surface area contributed by atoms with Crippen molar-refractivity contribution >= 4 is 106 Å². The van der Waals surface area contributed by atoms with Crippen molar-refractivity contribution < 1.29 is 60.3 Å². The van der Waals surface area contributed by atoms with Crippen LogP contribution in [0.15, 0.2) is 48.6 Å². The Bertz CT molecular complexity index is 1330. The zero-order chi connectivity index (χ0) is 50.3. The summed E-state index contributed by atoms with van der Waals surface area (Å²) < 4.78 is 48.2. The maximum absolute atomic E-state index is 11.2. The molecular formula is C41H83Cl3O13Si6. The first-order chi connectivity index (χ1) is 28.5. The van der Waals surface area contributed by atoms with Gasteiger partial charge in [-0.25, -0.2) is 19.2 Å². The lowest BCUT2D eigenvalue weighted by Gasteiger charge is -2.31. The summed E-state index contributed by atoms with van der Waals surface area (Å²) in [5, 5.41) is 0. The van der Waals surface area contributed by atoms with Crippen LogP contribution in [-0.2, 0) is 60.3 Å². The van der Waals surface area contributed by atoms with Gasteiger partial charge in [0.05, 0.1) is 26.4 Å². The van der Waals surface area contributed by atoms with Crippen molar-refractivity contribution in [3.63, 3.8) is 0 Å². The average molecular weight is 1060 g/mol. The molecule has 0 bridgehead atoms. The van der Waals surface area contributed by atoms with Crippen LogP contribution >= 0.6 is 33.2 Å². The van der Waals surface area contributed by atoms with Crippen LogP contribution in [0.2, 0.25) is 89.6 Å². The maximum atomic E-state index is 11.2. The van der Waals surface area contributed by atoms with Crippen molar-refractivity contribution in [1.29, 1.82) is 0 Å². The Labute approximate surface area is 402 Å². The number of carbonyl (C=O) groups excluding carboxylic acids is 4.